The Morgan fingerprint density at radius 3 is 2.03 bits per heavy atom. The van der Waals surface area contributed by atoms with E-state index in [0.29, 0.717) is 6.07 Å². The van der Waals surface area contributed by atoms with Gasteiger partial charge in [-0.05, 0) is 23.9 Å². The Morgan fingerprint density at radius 2 is 1.60 bits per heavy atom. The molecule has 0 amide bonds. The Bertz CT molecular complexity index is 932. The molecule has 2 heterocycles. The second kappa shape index (κ2) is 10.3. The number of carbonyl (C=O) groups is 1. The molecule has 0 aliphatic heterocycles. The van der Waals surface area contributed by atoms with Crippen LogP contribution in [0.2, 0.25) is 0 Å². The molecule has 0 fully saturated rings. The van der Waals surface area contributed by atoms with Gasteiger partial charge in [0.05, 0.1) is 5.56 Å². The average molecular weight is 606 g/mol. The van der Waals surface area contributed by atoms with Gasteiger partial charge in [0.2, 0.25) is 0 Å². The van der Waals surface area contributed by atoms with E-state index in [1.54, 1.807) is 18.2 Å². The van der Waals surface area contributed by atoms with E-state index < -0.39 is 35.3 Å². The van der Waals surface area contributed by atoms with Crippen molar-refractivity contribution in [2.75, 3.05) is 0 Å². The Hall–Kier alpha value is -2.78. The van der Waals surface area contributed by atoms with Crippen LogP contribution in [0.5, 0.6) is 0 Å². The first-order chi connectivity index (χ1) is 13.5. The Balaban J connectivity index is 0.000000379. The zero-order valence-electron chi connectivity index (χ0n) is 14.6. The van der Waals surface area contributed by atoms with Crippen molar-refractivity contribution in [3.05, 3.63) is 83.8 Å². The quantitative estimate of drug-likeness (QED) is 0.316. The SMILES string of the molecule is FC(F)(F)c1cc(-c2[c-]cccc2)nc(C(F)(F)F)c1.O=C(O)c1ccccn1.[Ir]. The number of pyridine rings is 2. The molecule has 3 aromatic rings. The normalized spacial score (nSPS) is 11.0. The summed E-state index contributed by atoms with van der Waals surface area (Å²) in [5, 5.41) is 8.32. The molecule has 1 aromatic carbocycles. The van der Waals surface area contributed by atoms with Gasteiger partial charge in [-0.2, -0.15) is 26.3 Å². The third-order valence-corrected chi connectivity index (χ3v) is 3.31. The van der Waals surface area contributed by atoms with Gasteiger partial charge in [0.15, 0.2) is 0 Å². The summed E-state index contributed by atoms with van der Waals surface area (Å²) in [5.74, 6) is -0.990. The number of aromatic carboxylic acids is 1. The molecule has 0 aliphatic carbocycles. The summed E-state index contributed by atoms with van der Waals surface area (Å²) in [6, 6.07) is 13.6. The number of alkyl halides is 6. The van der Waals surface area contributed by atoms with Crippen molar-refractivity contribution < 1.29 is 56.3 Å². The van der Waals surface area contributed by atoms with Gasteiger partial charge in [0.1, 0.15) is 11.4 Å². The maximum Gasteiger partial charge on any atom is 0.432 e. The van der Waals surface area contributed by atoms with E-state index in [9.17, 15) is 31.1 Å². The first-order valence-electron chi connectivity index (χ1n) is 7.76. The van der Waals surface area contributed by atoms with Gasteiger partial charge in [0.25, 0.3) is 0 Å². The van der Waals surface area contributed by atoms with Gasteiger partial charge in [-0.25, -0.2) is 9.78 Å². The van der Waals surface area contributed by atoms with E-state index in [0.717, 1.165) is 0 Å². The van der Waals surface area contributed by atoms with Crippen LogP contribution in [0.25, 0.3) is 11.3 Å². The van der Waals surface area contributed by atoms with Gasteiger partial charge in [-0.1, -0.05) is 12.1 Å². The fraction of sp³-hybridized carbons (Fsp3) is 0.105. The summed E-state index contributed by atoms with van der Waals surface area (Å²) in [6.07, 6.45) is -8.39. The largest absolute Gasteiger partial charge is 0.477 e. The van der Waals surface area contributed by atoms with Crippen LogP contribution in [0.3, 0.4) is 0 Å². The fourth-order valence-electron chi connectivity index (χ4n) is 2.02. The van der Waals surface area contributed by atoms with Gasteiger partial charge < -0.3 is 5.11 Å². The molecule has 4 nitrogen and oxygen atoms in total. The molecule has 1 radical (unpaired) electrons. The minimum atomic E-state index is -4.95. The Kier molecular flexibility index (Phi) is 8.68. The summed E-state index contributed by atoms with van der Waals surface area (Å²) in [7, 11) is 0. The maximum atomic E-state index is 12.6. The van der Waals surface area contributed by atoms with E-state index in [4.69, 9.17) is 5.11 Å². The topological polar surface area (TPSA) is 63.1 Å². The molecule has 0 unspecified atom stereocenters. The average Bonchev–Trinajstić information content (AvgIpc) is 2.68. The molecular weight excluding hydrogens is 594 g/mol. The van der Waals surface area contributed by atoms with Crippen molar-refractivity contribution in [1.29, 1.82) is 0 Å². The standard InChI is InChI=1S/C13H6F6N.C6H5NO2.Ir/c14-12(15,16)9-6-10(8-4-2-1-3-5-8)20-11(7-9)13(17,18)19;8-6(9)5-3-1-2-4-7-5;/h1-4,6-7H;1-4H,(H,8,9);/q-1;;. The predicted molar refractivity (Wildman–Crippen MR) is 89.7 cm³/mol. The number of aromatic nitrogens is 2. The van der Waals surface area contributed by atoms with Crippen molar-refractivity contribution in [1.82, 2.24) is 9.97 Å². The van der Waals surface area contributed by atoms with Crippen molar-refractivity contribution in [3.8, 4) is 11.3 Å². The van der Waals surface area contributed by atoms with Gasteiger partial charge in [-0.15, -0.1) is 35.9 Å². The van der Waals surface area contributed by atoms with E-state index >= 15 is 0 Å². The van der Waals surface area contributed by atoms with Crippen LogP contribution < -0.4 is 0 Å². The van der Waals surface area contributed by atoms with Crippen molar-refractivity contribution >= 4 is 5.97 Å². The number of hydrogen-bond acceptors (Lipinski definition) is 3. The van der Waals surface area contributed by atoms with Crippen molar-refractivity contribution in [2.45, 2.75) is 12.4 Å². The number of carboxylic acid groups (broad SMARTS) is 1. The number of carboxylic acids is 1. The third-order valence-electron chi connectivity index (χ3n) is 3.31. The number of halogens is 6. The summed E-state index contributed by atoms with van der Waals surface area (Å²) >= 11 is 0. The second-order valence-corrected chi connectivity index (χ2v) is 5.42. The molecule has 11 heteroatoms. The summed E-state index contributed by atoms with van der Waals surface area (Å²) in [4.78, 5) is 16.9. The molecule has 0 saturated heterocycles. The van der Waals surface area contributed by atoms with Gasteiger partial charge >= 0.3 is 18.3 Å². The number of hydrogen-bond donors (Lipinski definition) is 1. The zero-order valence-corrected chi connectivity index (χ0v) is 17.0. The molecular formula is C19H11F6IrN2O2-. The second-order valence-electron chi connectivity index (χ2n) is 5.42. The molecule has 2 aromatic heterocycles. The first-order valence-corrected chi connectivity index (χ1v) is 7.76. The molecule has 0 spiro atoms. The van der Waals surface area contributed by atoms with Crippen LogP contribution in [0.15, 0.2) is 60.8 Å². The molecule has 0 bridgehead atoms. The Labute approximate surface area is 180 Å². The number of benzene rings is 1. The smallest absolute Gasteiger partial charge is 0.432 e. The van der Waals surface area contributed by atoms with E-state index in [-0.39, 0.29) is 37.4 Å². The van der Waals surface area contributed by atoms with Gasteiger partial charge in [0, 0.05) is 26.3 Å². The maximum absolute atomic E-state index is 12.6. The zero-order chi connectivity index (χ0) is 21.7. The monoisotopic (exact) mass is 606 g/mol. The van der Waals surface area contributed by atoms with Crippen LogP contribution in [0, 0.1) is 6.07 Å². The van der Waals surface area contributed by atoms with Gasteiger partial charge in [-0.3, -0.25) is 4.98 Å². The van der Waals surface area contributed by atoms with E-state index in [1.165, 1.54) is 30.5 Å². The molecule has 1 N–H and O–H groups in total. The molecule has 0 atom stereocenters. The number of rotatable bonds is 2. The van der Waals surface area contributed by atoms with Crippen LogP contribution >= 0.6 is 0 Å². The van der Waals surface area contributed by atoms with Crippen LogP contribution in [0.1, 0.15) is 21.7 Å². The number of nitrogens with zero attached hydrogens (tertiary/aromatic N) is 2. The van der Waals surface area contributed by atoms with Crippen LogP contribution in [-0.4, -0.2) is 21.0 Å². The Morgan fingerprint density at radius 1 is 0.933 bits per heavy atom. The van der Waals surface area contributed by atoms with E-state index in [1.807, 2.05) is 0 Å². The van der Waals surface area contributed by atoms with Crippen molar-refractivity contribution in [2.24, 2.45) is 0 Å². The third kappa shape index (κ3) is 7.23. The fourth-order valence-corrected chi connectivity index (χ4v) is 2.02. The van der Waals surface area contributed by atoms with Crippen molar-refractivity contribution in [3.63, 3.8) is 0 Å². The minimum Gasteiger partial charge on any atom is -0.477 e. The van der Waals surface area contributed by atoms with Crippen LogP contribution in [-0.2, 0) is 32.5 Å². The molecule has 30 heavy (non-hydrogen) atoms. The predicted octanol–water partition coefficient (Wildman–Crippen LogP) is 5.36. The molecule has 3 rings (SSSR count). The summed E-state index contributed by atoms with van der Waals surface area (Å²) < 4.78 is 75.8. The first kappa shape index (κ1) is 25.3. The summed E-state index contributed by atoms with van der Waals surface area (Å²) in [5.41, 5.74) is -3.26. The van der Waals surface area contributed by atoms with E-state index in [2.05, 4.69) is 16.0 Å². The molecule has 0 aliphatic rings. The minimum absolute atomic E-state index is 0. The van der Waals surface area contributed by atoms with Crippen LogP contribution in [0.4, 0.5) is 26.3 Å². The molecule has 161 valence electrons. The summed E-state index contributed by atoms with van der Waals surface area (Å²) in [6.45, 7) is 0. The molecule has 0 saturated carbocycles.